The average molecular weight is 444 g/mol. The number of hydrogen-bond donors (Lipinski definition) is 1. The van der Waals surface area contributed by atoms with Crippen molar-refractivity contribution in [1.29, 1.82) is 0 Å². The van der Waals surface area contributed by atoms with E-state index in [-0.39, 0.29) is 0 Å². The number of hydrogen-bond acceptors (Lipinski definition) is 2. The molecule has 1 aliphatic heterocycles. The number of benzene rings is 3. The molecule has 0 unspecified atom stereocenters. The fraction of sp³-hybridized carbons (Fsp3) is 0.310. The normalized spacial score (nSPS) is 17.9. The van der Waals surface area contributed by atoms with Crippen LogP contribution >= 0.6 is 11.6 Å². The standard InChI is InChI=1S/C29H30ClNO/c30-25-15-13-24(14-16-25)29(32)17-20-31(21-18-29)19-5-10-28-26-8-3-1-6-22(26)11-12-23-7-2-4-9-27(23)28/h1-4,6-10,13-16,32H,5,11-12,17-21H2. The van der Waals surface area contributed by atoms with Crippen LogP contribution in [0.5, 0.6) is 0 Å². The van der Waals surface area contributed by atoms with Crippen LogP contribution in [0, 0.1) is 0 Å². The smallest absolute Gasteiger partial charge is 0.0920 e. The summed E-state index contributed by atoms with van der Waals surface area (Å²) in [5.74, 6) is 0. The number of aryl methyl sites for hydroxylation is 2. The summed E-state index contributed by atoms with van der Waals surface area (Å²) in [5, 5.41) is 11.9. The van der Waals surface area contributed by atoms with Gasteiger partial charge in [-0.1, -0.05) is 78.3 Å². The first-order valence-electron chi connectivity index (χ1n) is 11.7. The second kappa shape index (κ2) is 9.23. The molecule has 164 valence electrons. The molecule has 0 saturated carbocycles. The van der Waals surface area contributed by atoms with Gasteiger partial charge in [-0.2, -0.15) is 0 Å². The summed E-state index contributed by atoms with van der Waals surface area (Å²) in [6, 6.07) is 25.4. The number of rotatable bonds is 4. The third kappa shape index (κ3) is 4.41. The van der Waals surface area contributed by atoms with Gasteiger partial charge >= 0.3 is 0 Å². The van der Waals surface area contributed by atoms with Gasteiger partial charge in [-0.25, -0.2) is 0 Å². The lowest BCUT2D eigenvalue weighted by atomic mass is 9.84. The Balaban J connectivity index is 1.28. The summed E-state index contributed by atoms with van der Waals surface area (Å²) < 4.78 is 0. The molecule has 32 heavy (non-hydrogen) atoms. The van der Waals surface area contributed by atoms with Crippen LogP contribution in [0.25, 0.3) is 5.57 Å². The van der Waals surface area contributed by atoms with Crippen molar-refractivity contribution in [1.82, 2.24) is 4.90 Å². The minimum atomic E-state index is -0.737. The largest absolute Gasteiger partial charge is 0.385 e. The molecule has 0 bridgehead atoms. The highest BCUT2D eigenvalue weighted by Gasteiger charge is 2.33. The summed E-state index contributed by atoms with van der Waals surface area (Å²) in [7, 11) is 0. The van der Waals surface area contributed by atoms with E-state index in [0.717, 1.165) is 57.3 Å². The molecule has 2 nitrogen and oxygen atoms in total. The molecule has 0 radical (unpaired) electrons. The zero-order valence-corrected chi connectivity index (χ0v) is 19.2. The van der Waals surface area contributed by atoms with Gasteiger partial charge in [0.05, 0.1) is 5.60 Å². The van der Waals surface area contributed by atoms with Crippen LogP contribution in [-0.4, -0.2) is 29.6 Å². The third-order valence-corrected chi connectivity index (χ3v) is 7.39. The van der Waals surface area contributed by atoms with E-state index in [1.807, 2.05) is 24.3 Å². The summed E-state index contributed by atoms with van der Waals surface area (Å²) >= 11 is 6.02. The Morgan fingerprint density at radius 3 is 1.97 bits per heavy atom. The third-order valence-electron chi connectivity index (χ3n) is 7.14. The Labute approximate surface area is 196 Å². The number of nitrogens with zero attached hydrogens (tertiary/aromatic N) is 1. The topological polar surface area (TPSA) is 23.5 Å². The van der Waals surface area contributed by atoms with Gasteiger partial charge in [-0.3, -0.25) is 0 Å². The number of aliphatic hydroxyl groups is 1. The molecule has 0 spiro atoms. The molecule has 5 rings (SSSR count). The van der Waals surface area contributed by atoms with Crippen LogP contribution in [0.15, 0.2) is 78.9 Å². The second-order valence-electron chi connectivity index (χ2n) is 9.10. The van der Waals surface area contributed by atoms with Gasteiger partial charge in [0.2, 0.25) is 0 Å². The summed E-state index contributed by atoms with van der Waals surface area (Å²) in [6.07, 6.45) is 7.16. The van der Waals surface area contributed by atoms with Crippen molar-refractivity contribution in [3.05, 3.63) is 112 Å². The molecule has 3 heteroatoms. The van der Waals surface area contributed by atoms with Crippen LogP contribution < -0.4 is 0 Å². The molecular weight excluding hydrogens is 414 g/mol. The molecule has 2 aliphatic rings. The molecular formula is C29H30ClNO. The maximum absolute atomic E-state index is 11.1. The molecule has 0 atom stereocenters. The number of likely N-dealkylation sites (tertiary alicyclic amines) is 1. The van der Waals surface area contributed by atoms with Crippen molar-refractivity contribution in [2.24, 2.45) is 0 Å². The quantitative estimate of drug-likeness (QED) is 0.515. The van der Waals surface area contributed by atoms with Gasteiger partial charge in [0.25, 0.3) is 0 Å². The second-order valence-corrected chi connectivity index (χ2v) is 9.54. The van der Waals surface area contributed by atoms with Crippen LogP contribution in [0.2, 0.25) is 5.02 Å². The Hall–Kier alpha value is -2.39. The Bertz CT molecular complexity index is 1060. The van der Waals surface area contributed by atoms with Crippen LogP contribution in [0.3, 0.4) is 0 Å². The van der Waals surface area contributed by atoms with Crippen molar-refractivity contribution >= 4 is 17.2 Å². The molecule has 1 saturated heterocycles. The number of fused-ring (bicyclic) bond motifs is 2. The van der Waals surface area contributed by atoms with Crippen LogP contribution in [0.1, 0.15) is 47.1 Å². The van der Waals surface area contributed by atoms with Gasteiger partial charge < -0.3 is 10.0 Å². The van der Waals surface area contributed by atoms with E-state index >= 15 is 0 Å². The highest BCUT2D eigenvalue weighted by Crippen LogP contribution is 2.35. The highest BCUT2D eigenvalue weighted by molar-refractivity contribution is 6.30. The summed E-state index contributed by atoms with van der Waals surface area (Å²) in [6.45, 7) is 2.84. The minimum Gasteiger partial charge on any atom is -0.385 e. The van der Waals surface area contributed by atoms with Crippen LogP contribution in [0.4, 0.5) is 0 Å². The highest BCUT2D eigenvalue weighted by atomic mass is 35.5. The van der Waals surface area contributed by atoms with Gasteiger partial charge in [-0.15, -0.1) is 0 Å². The fourth-order valence-electron chi connectivity index (χ4n) is 5.22. The first-order valence-corrected chi connectivity index (χ1v) is 12.1. The molecule has 0 aromatic heterocycles. The summed E-state index contributed by atoms with van der Waals surface area (Å²) in [4.78, 5) is 2.48. The van der Waals surface area contributed by atoms with E-state index in [1.54, 1.807) is 0 Å². The number of piperidine rings is 1. The molecule has 1 heterocycles. The summed E-state index contributed by atoms with van der Waals surface area (Å²) in [5.41, 5.74) is 7.28. The van der Waals surface area contributed by atoms with Crippen molar-refractivity contribution in [2.75, 3.05) is 19.6 Å². The van der Waals surface area contributed by atoms with E-state index in [2.05, 4.69) is 59.5 Å². The predicted molar refractivity (Wildman–Crippen MR) is 133 cm³/mol. The Morgan fingerprint density at radius 1 is 0.812 bits per heavy atom. The lowest BCUT2D eigenvalue weighted by Crippen LogP contribution is -2.42. The fourth-order valence-corrected chi connectivity index (χ4v) is 5.35. The van der Waals surface area contributed by atoms with Gasteiger partial charge in [0, 0.05) is 24.7 Å². The van der Waals surface area contributed by atoms with Crippen molar-refractivity contribution < 1.29 is 5.11 Å². The first-order chi connectivity index (χ1) is 15.6. The average Bonchev–Trinajstić information content (AvgIpc) is 2.98. The zero-order valence-electron chi connectivity index (χ0n) is 18.4. The van der Waals surface area contributed by atoms with Gasteiger partial charge in [0.1, 0.15) is 0 Å². The molecule has 0 amide bonds. The van der Waals surface area contributed by atoms with Gasteiger partial charge in [-0.05, 0) is 77.6 Å². The SMILES string of the molecule is OC1(c2ccc(Cl)cc2)CCN(CCC=C2c3ccccc3CCc3ccccc32)CC1. The van der Waals surface area contributed by atoms with Gasteiger partial charge in [0.15, 0.2) is 0 Å². The van der Waals surface area contributed by atoms with E-state index in [9.17, 15) is 5.11 Å². The predicted octanol–water partition coefficient (Wildman–Crippen LogP) is 6.24. The van der Waals surface area contributed by atoms with Crippen LogP contribution in [-0.2, 0) is 18.4 Å². The Kier molecular flexibility index (Phi) is 6.19. The van der Waals surface area contributed by atoms with Crippen molar-refractivity contribution in [3.63, 3.8) is 0 Å². The number of halogens is 1. The molecule has 1 N–H and O–H groups in total. The van der Waals surface area contributed by atoms with Crippen molar-refractivity contribution in [3.8, 4) is 0 Å². The maximum atomic E-state index is 11.1. The maximum Gasteiger partial charge on any atom is 0.0920 e. The molecule has 1 aliphatic carbocycles. The molecule has 3 aromatic carbocycles. The van der Waals surface area contributed by atoms with Crippen molar-refractivity contribution in [2.45, 2.75) is 37.7 Å². The van der Waals surface area contributed by atoms with E-state index in [0.29, 0.717) is 5.02 Å². The monoisotopic (exact) mass is 443 g/mol. The minimum absolute atomic E-state index is 0.712. The molecule has 1 fully saturated rings. The zero-order chi connectivity index (χ0) is 22.0. The lowest BCUT2D eigenvalue weighted by Gasteiger charge is -2.38. The van der Waals surface area contributed by atoms with E-state index in [4.69, 9.17) is 11.6 Å². The van der Waals surface area contributed by atoms with E-state index < -0.39 is 5.60 Å². The first kappa shape index (κ1) is 21.5. The van der Waals surface area contributed by atoms with E-state index in [1.165, 1.54) is 27.8 Å². The molecule has 3 aromatic rings. The Morgan fingerprint density at radius 2 is 1.38 bits per heavy atom. The lowest BCUT2D eigenvalue weighted by molar-refractivity contribution is -0.0254.